The summed E-state index contributed by atoms with van der Waals surface area (Å²) in [6.45, 7) is 9.76. The Morgan fingerprint density at radius 3 is 2.17 bits per heavy atom. The molecule has 3 aromatic rings. The molecule has 0 radical (unpaired) electrons. The Balaban J connectivity index is 1.95. The third-order valence-electron chi connectivity index (χ3n) is 6.32. The summed E-state index contributed by atoms with van der Waals surface area (Å²) >= 11 is 0. The fourth-order valence-electron chi connectivity index (χ4n) is 4.62. The van der Waals surface area contributed by atoms with Crippen molar-refractivity contribution in [3.63, 3.8) is 0 Å². The van der Waals surface area contributed by atoms with Crippen molar-refractivity contribution in [1.82, 2.24) is 4.90 Å². The Morgan fingerprint density at radius 2 is 1.68 bits per heavy atom. The van der Waals surface area contributed by atoms with Crippen LogP contribution in [0.3, 0.4) is 0 Å². The Hall–Kier alpha value is -4.06. The monoisotopic (exact) mass is 575 g/mol. The van der Waals surface area contributed by atoms with Gasteiger partial charge >= 0.3 is 6.09 Å². The molecule has 0 bridgehead atoms. The summed E-state index contributed by atoms with van der Waals surface area (Å²) in [4.78, 5) is 27.5. The number of hydrogen-bond acceptors (Lipinski definition) is 6. The van der Waals surface area contributed by atoms with Crippen LogP contribution in [0.4, 0.5) is 20.6 Å². The lowest BCUT2D eigenvalue weighted by Crippen LogP contribution is -2.63. The molecule has 2 amide bonds. The van der Waals surface area contributed by atoms with Crippen LogP contribution >= 0.6 is 0 Å². The number of furan rings is 1. The fraction of sp³-hybridized carbons (Fsp3) is 0.357. The molecule has 1 heterocycles. The first-order valence-electron chi connectivity index (χ1n) is 12.3. The number of anilines is 2. The number of benzene rings is 2. The maximum absolute atomic E-state index is 14.9. The second-order valence-electron chi connectivity index (χ2n) is 10.8. The highest BCUT2D eigenvalue weighted by atomic mass is 32.2. The van der Waals surface area contributed by atoms with Gasteiger partial charge in [-0.3, -0.25) is 14.4 Å². The number of aryl methyl sites for hydroxylation is 1. The lowest BCUT2D eigenvalue weighted by molar-refractivity contribution is -0.130. The van der Waals surface area contributed by atoms with Crippen LogP contribution in [0.15, 0.2) is 57.8 Å². The van der Waals surface area contributed by atoms with Crippen LogP contribution in [0.2, 0.25) is 0 Å². The van der Waals surface area contributed by atoms with Gasteiger partial charge in [0.25, 0.3) is 15.9 Å². The standard InChI is InChI=1S/C28H34FN3O7S/c1-17-9-13-23(39-17)20-12-11-19(16-21(20)29)40(36,37)30-22-15-18(10-14-24(22)38-8)31(7)25(33)28(5,6)32(26(34)35)27(2,3)4/h9-16,30H,1-8H3,(H,34,35). The van der Waals surface area contributed by atoms with Crippen LogP contribution in [-0.4, -0.2) is 55.7 Å². The SMILES string of the molecule is COc1ccc(N(C)C(=O)C(C)(C)N(C(=O)O)C(C)(C)C)cc1NS(=O)(=O)c1ccc(-c2ccc(C)o2)c(F)c1. The normalized spacial score (nSPS) is 12.1. The molecule has 10 nitrogen and oxygen atoms in total. The van der Waals surface area contributed by atoms with Gasteiger partial charge in [0.2, 0.25) is 0 Å². The Morgan fingerprint density at radius 1 is 1.02 bits per heavy atom. The number of halogens is 1. The first-order valence-corrected chi connectivity index (χ1v) is 13.8. The van der Waals surface area contributed by atoms with Gasteiger partial charge in [0.15, 0.2) is 0 Å². The molecule has 0 aliphatic heterocycles. The van der Waals surface area contributed by atoms with Gasteiger partial charge in [-0.2, -0.15) is 0 Å². The highest BCUT2D eigenvalue weighted by Crippen LogP contribution is 2.34. The predicted octanol–water partition coefficient (Wildman–Crippen LogP) is 5.72. The number of ether oxygens (including phenoxy) is 1. The number of methoxy groups -OCH3 is 1. The van der Waals surface area contributed by atoms with E-state index in [9.17, 15) is 27.5 Å². The number of carbonyl (C=O) groups excluding carboxylic acids is 1. The van der Waals surface area contributed by atoms with E-state index >= 15 is 0 Å². The lowest BCUT2D eigenvalue weighted by Gasteiger charge is -2.45. The highest BCUT2D eigenvalue weighted by Gasteiger charge is 2.45. The minimum Gasteiger partial charge on any atom is -0.495 e. The van der Waals surface area contributed by atoms with E-state index in [2.05, 4.69) is 4.72 Å². The van der Waals surface area contributed by atoms with Crippen molar-refractivity contribution in [2.45, 2.75) is 57.5 Å². The summed E-state index contributed by atoms with van der Waals surface area (Å²) in [5.41, 5.74) is -1.97. The predicted molar refractivity (Wildman–Crippen MR) is 150 cm³/mol. The molecule has 2 aromatic carbocycles. The van der Waals surface area contributed by atoms with E-state index in [-0.39, 0.29) is 33.3 Å². The van der Waals surface area contributed by atoms with E-state index in [1.165, 1.54) is 63.2 Å². The van der Waals surface area contributed by atoms with E-state index < -0.39 is 38.9 Å². The van der Waals surface area contributed by atoms with Crippen molar-refractivity contribution in [3.05, 3.63) is 60.1 Å². The first-order chi connectivity index (χ1) is 18.4. The van der Waals surface area contributed by atoms with Gasteiger partial charge in [0.05, 0.1) is 23.3 Å². The molecule has 0 atom stereocenters. The second-order valence-corrected chi connectivity index (χ2v) is 12.4. The van der Waals surface area contributed by atoms with Crippen LogP contribution in [0.25, 0.3) is 11.3 Å². The van der Waals surface area contributed by atoms with Crippen molar-refractivity contribution >= 4 is 33.4 Å². The van der Waals surface area contributed by atoms with Gasteiger partial charge < -0.3 is 19.2 Å². The van der Waals surface area contributed by atoms with Crippen molar-refractivity contribution in [1.29, 1.82) is 0 Å². The number of carboxylic acid groups (broad SMARTS) is 1. The minimum atomic E-state index is -4.29. The van der Waals surface area contributed by atoms with Crippen LogP contribution in [0, 0.1) is 12.7 Å². The third kappa shape index (κ3) is 6.06. The molecule has 3 rings (SSSR count). The van der Waals surface area contributed by atoms with Crippen LogP contribution in [-0.2, 0) is 14.8 Å². The summed E-state index contributed by atoms with van der Waals surface area (Å²) in [7, 11) is -1.49. The van der Waals surface area contributed by atoms with Gasteiger partial charge in [-0.25, -0.2) is 17.6 Å². The number of sulfonamides is 1. The second kappa shape index (κ2) is 10.8. The van der Waals surface area contributed by atoms with Crippen molar-refractivity contribution in [2.24, 2.45) is 0 Å². The number of carbonyl (C=O) groups is 2. The molecule has 0 fully saturated rings. The molecule has 0 aliphatic carbocycles. The molecule has 40 heavy (non-hydrogen) atoms. The molecular weight excluding hydrogens is 541 g/mol. The van der Waals surface area contributed by atoms with Gasteiger partial charge in [-0.1, -0.05) is 0 Å². The zero-order valence-corrected chi connectivity index (χ0v) is 24.5. The van der Waals surface area contributed by atoms with Crippen LogP contribution in [0.1, 0.15) is 40.4 Å². The van der Waals surface area contributed by atoms with Crippen molar-refractivity contribution in [3.8, 4) is 17.1 Å². The largest absolute Gasteiger partial charge is 0.495 e. The molecule has 0 saturated heterocycles. The Kier molecular flexibility index (Phi) is 8.26. The maximum Gasteiger partial charge on any atom is 0.408 e. The average molecular weight is 576 g/mol. The molecule has 0 aliphatic rings. The van der Waals surface area contributed by atoms with Crippen LogP contribution < -0.4 is 14.4 Å². The molecule has 2 N–H and O–H groups in total. The molecular formula is C28H34FN3O7S. The zero-order valence-electron chi connectivity index (χ0n) is 23.7. The summed E-state index contributed by atoms with van der Waals surface area (Å²) in [5.74, 6) is -0.329. The molecule has 1 aromatic heterocycles. The van der Waals surface area contributed by atoms with E-state index in [4.69, 9.17) is 9.15 Å². The van der Waals surface area contributed by atoms with Gasteiger partial charge in [0, 0.05) is 18.3 Å². The number of nitrogens with zero attached hydrogens (tertiary/aromatic N) is 2. The minimum absolute atomic E-state index is 0.00508. The molecule has 0 saturated carbocycles. The van der Waals surface area contributed by atoms with Crippen LogP contribution in [0.5, 0.6) is 5.75 Å². The van der Waals surface area contributed by atoms with Gasteiger partial charge in [-0.05, 0) is 90.1 Å². The summed E-state index contributed by atoms with van der Waals surface area (Å²) in [6.07, 6.45) is -1.26. The number of amides is 2. The van der Waals surface area contributed by atoms with E-state index in [0.29, 0.717) is 5.76 Å². The van der Waals surface area contributed by atoms with E-state index in [0.717, 1.165) is 11.0 Å². The summed E-state index contributed by atoms with van der Waals surface area (Å²) in [6, 6.07) is 11.1. The maximum atomic E-state index is 14.9. The first kappa shape index (κ1) is 30.5. The number of nitrogens with one attached hydrogen (secondary N) is 1. The zero-order chi connectivity index (χ0) is 30.2. The topological polar surface area (TPSA) is 129 Å². The third-order valence-corrected chi connectivity index (χ3v) is 7.68. The Labute approximate surface area is 233 Å². The molecule has 216 valence electrons. The highest BCUT2D eigenvalue weighted by molar-refractivity contribution is 7.92. The number of rotatable bonds is 8. The smallest absolute Gasteiger partial charge is 0.408 e. The Bertz CT molecular complexity index is 1540. The summed E-state index contributed by atoms with van der Waals surface area (Å²) in [5, 5.41) is 9.83. The molecule has 0 spiro atoms. The van der Waals surface area contributed by atoms with E-state index in [1.807, 2.05) is 0 Å². The van der Waals surface area contributed by atoms with Crippen molar-refractivity contribution < 1.29 is 36.7 Å². The summed E-state index contributed by atoms with van der Waals surface area (Å²) < 4.78 is 54.4. The molecule has 0 unspecified atom stereocenters. The quantitative estimate of drug-likeness (QED) is 0.351. The lowest BCUT2D eigenvalue weighted by atomic mass is 9.93. The van der Waals surface area contributed by atoms with Gasteiger partial charge in [0.1, 0.15) is 28.6 Å². The average Bonchev–Trinajstić information content (AvgIpc) is 3.27. The van der Waals surface area contributed by atoms with Gasteiger partial charge in [-0.15, -0.1) is 0 Å². The van der Waals surface area contributed by atoms with E-state index in [1.54, 1.807) is 39.8 Å². The number of hydrogen-bond donors (Lipinski definition) is 2. The molecule has 12 heteroatoms. The van der Waals surface area contributed by atoms with Crippen molar-refractivity contribution in [2.75, 3.05) is 23.8 Å². The fourth-order valence-corrected chi connectivity index (χ4v) is 5.69. The number of likely N-dealkylation sites (N-methyl/N-ethyl adjacent to an activating group) is 1.